The molecular weight excluding hydrogens is 392 g/mol. The number of fused-ring (bicyclic) bond motifs is 3. The second-order valence-corrected chi connectivity index (χ2v) is 7.78. The van der Waals surface area contributed by atoms with Crippen molar-refractivity contribution >= 4 is 33.3 Å². The van der Waals surface area contributed by atoms with Gasteiger partial charge in [0.25, 0.3) is 0 Å². The standard InChI is InChI=1S/C29H20N2O/c1-2-7-20(8-3-1)21-12-15-23(16-13-21)31-26-10-6-11-27-29(26)24-17-14-22(19-28(24)32-27)25-9-4-5-18-30-25/h1-19,31H. The van der Waals surface area contributed by atoms with Gasteiger partial charge < -0.3 is 9.73 Å². The molecule has 0 radical (unpaired) electrons. The molecule has 0 unspecified atom stereocenters. The first-order valence-corrected chi connectivity index (χ1v) is 10.6. The molecule has 0 saturated carbocycles. The molecular formula is C29H20N2O. The van der Waals surface area contributed by atoms with E-state index >= 15 is 0 Å². The van der Waals surface area contributed by atoms with E-state index in [0.717, 1.165) is 44.6 Å². The maximum atomic E-state index is 6.20. The van der Waals surface area contributed by atoms with Gasteiger partial charge in [-0.1, -0.05) is 60.7 Å². The van der Waals surface area contributed by atoms with Gasteiger partial charge in [0.2, 0.25) is 0 Å². The molecule has 1 N–H and O–H groups in total. The summed E-state index contributed by atoms with van der Waals surface area (Å²) in [6, 6.07) is 37.3. The number of benzene rings is 4. The molecule has 0 aliphatic heterocycles. The molecule has 0 spiro atoms. The summed E-state index contributed by atoms with van der Waals surface area (Å²) >= 11 is 0. The number of rotatable bonds is 4. The van der Waals surface area contributed by atoms with Crippen LogP contribution in [-0.2, 0) is 0 Å². The third-order valence-electron chi connectivity index (χ3n) is 5.73. The summed E-state index contributed by atoms with van der Waals surface area (Å²) in [6.45, 7) is 0. The molecule has 0 aliphatic carbocycles. The molecule has 2 aromatic heterocycles. The zero-order valence-corrected chi connectivity index (χ0v) is 17.3. The van der Waals surface area contributed by atoms with Gasteiger partial charge in [-0.2, -0.15) is 0 Å². The average molecular weight is 412 g/mol. The zero-order valence-electron chi connectivity index (χ0n) is 17.3. The Kier molecular flexibility index (Phi) is 4.43. The largest absolute Gasteiger partial charge is 0.456 e. The first-order chi connectivity index (χ1) is 15.8. The number of furan rings is 1. The first-order valence-electron chi connectivity index (χ1n) is 10.6. The van der Waals surface area contributed by atoms with E-state index in [2.05, 4.69) is 83.1 Å². The van der Waals surface area contributed by atoms with Gasteiger partial charge in [0.1, 0.15) is 11.2 Å². The van der Waals surface area contributed by atoms with Crippen LogP contribution in [0.5, 0.6) is 0 Å². The molecule has 2 heterocycles. The minimum absolute atomic E-state index is 0.858. The zero-order chi connectivity index (χ0) is 21.3. The first kappa shape index (κ1) is 18.4. The van der Waals surface area contributed by atoms with Crippen LogP contribution in [0.3, 0.4) is 0 Å². The molecule has 0 amide bonds. The van der Waals surface area contributed by atoms with Crippen LogP contribution in [0.15, 0.2) is 120 Å². The smallest absolute Gasteiger partial charge is 0.137 e. The molecule has 32 heavy (non-hydrogen) atoms. The van der Waals surface area contributed by atoms with Crippen LogP contribution in [0.25, 0.3) is 44.3 Å². The van der Waals surface area contributed by atoms with Crippen molar-refractivity contribution in [3.8, 4) is 22.4 Å². The van der Waals surface area contributed by atoms with Gasteiger partial charge in [0.05, 0.1) is 16.8 Å². The van der Waals surface area contributed by atoms with E-state index in [1.807, 2.05) is 42.6 Å². The van der Waals surface area contributed by atoms with Crippen molar-refractivity contribution in [2.24, 2.45) is 0 Å². The fourth-order valence-electron chi connectivity index (χ4n) is 4.15. The number of aromatic nitrogens is 1. The molecule has 3 heteroatoms. The Balaban J connectivity index is 1.38. The van der Waals surface area contributed by atoms with Gasteiger partial charge in [0, 0.05) is 22.8 Å². The van der Waals surface area contributed by atoms with E-state index in [1.54, 1.807) is 0 Å². The van der Waals surface area contributed by atoms with Crippen molar-refractivity contribution in [1.29, 1.82) is 0 Å². The average Bonchev–Trinajstić information content (AvgIpc) is 3.24. The highest BCUT2D eigenvalue weighted by Crippen LogP contribution is 2.37. The summed E-state index contributed by atoms with van der Waals surface area (Å²) in [6.07, 6.45) is 1.81. The van der Waals surface area contributed by atoms with E-state index in [9.17, 15) is 0 Å². The summed E-state index contributed by atoms with van der Waals surface area (Å²) in [7, 11) is 0. The molecule has 0 atom stereocenters. The van der Waals surface area contributed by atoms with Crippen molar-refractivity contribution in [2.45, 2.75) is 0 Å². The van der Waals surface area contributed by atoms with E-state index in [1.165, 1.54) is 11.1 Å². The molecule has 6 aromatic rings. The summed E-state index contributed by atoms with van der Waals surface area (Å²) < 4.78 is 6.20. The van der Waals surface area contributed by atoms with Crippen LogP contribution in [-0.4, -0.2) is 4.98 Å². The van der Waals surface area contributed by atoms with E-state index in [4.69, 9.17) is 4.42 Å². The number of anilines is 2. The third kappa shape index (κ3) is 3.30. The monoisotopic (exact) mass is 412 g/mol. The molecule has 0 aliphatic rings. The Hall–Kier alpha value is -4.37. The summed E-state index contributed by atoms with van der Waals surface area (Å²) in [5.74, 6) is 0. The van der Waals surface area contributed by atoms with Gasteiger partial charge in [0.15, 0.2) is 0 Å². The number of hydrogen-bond donors (Lipinski definition) is 1. The molecule has 0 saturated heterocycles. The SMILES string of the molecule is c1ccc(-c2ccc(Nc3cccc4oc5cc(-c6ccccn6)ccc5c34)cc2)cc1. The van der Waals surface area contributed by atoms with Crippen molar-refractivity contribution in [2.75, 3.05) is 5.32 Å². The molecule has 4 aromatic carbocycles. The van der Waals surface area contributed by atoms with Crippen LogP contribution in [0.4, 0.5) is 11.4 Å². The second kappa shape index (κ2) is 7.71. The normalized spacial score (nSPS) is 11.1. The lowest BCUT2D eigenvalue weighted by molar-refractivity contribution is 0.669. The Bertz CT molecular complexity index is 1520. The van der Waals surface area contributed by atoms with Gasteiger partial charge in [-0.05, 0) is 59.7 Å². The lowest BCUT2D eigenvalue weighted by Gasteiger charge is -2.09. The molecule has 6 rings (SSSR count). The fourth-order valence-corrected chi connectivity index (χ4v) is 4.15. The maximum absolute atomic E-state index is 6.20. The quantitative estimate of drug-likeness (QED) is 0.318. The summed E-state index contributed by atoms with van der Waals surface area (Å²) in [5, 5.41) is 5.75. The number of nitrogens with one attached hydrogen (secondary N) is 1. The third-order valence-corrected chi connectivity index (χ3v) is 5.73. The lowest BCUT2D eigenvalue weighted by atomic mass is 10.0. The van der Waals surface area contributed by atoms with Gasteiger partial charge in [-0.3, -0.25) is 4.98 Å². The fraction of sp³-hybridized carbons (Fsp3) is 0. The van der Waals surface area contributed by atoms with Crippen molar-refractivity contribution in [3.63, 3.8) is 0 Å². The number of hydrogen-bond acceptors (Lipinski definition) is 3. The second-order valence-electron chi connectivity index (χ2n) is 7.78. The van der Waals surface area contributed by atoms with Crippen LogP contribution >= 0.6 is 0 Å². The predicted octanol–water partition coefficient (Wildman–Crippen LogP) is 8.06. The van der Waals surface area contributed by atoms with Crippen LogP contribution in [0.1, 0.15) is 0 Å². The molecule has 152 valence electrons. The van der Waals surface area contributed by atoms with Crippen LogP contribution in [0, 0.1) is 0 Å². The van der Waals surface area contributed by atoms with Gasteiger partial charge in [-0.15, -0.1) is 0 Å². The Morgan fingerprint density at radius 1 is 0.594 bits per heavy atom. The van der Waals surface area contributed by atoms with Crippen LogP contribution in [0.2, 0.25) is 0 Å². The molecule has 0 fully saturated rings. The number of pyridine rings is 1. The Morgan fingerprint density at radius 3 is 2.19 bits per heavy atom. The minimum atomic E-state index is 0.858. The highest BCUT2D eigenvalue weighted by Gasteiger charge is 2.12. The predicted molar refractivity (Wildman–Crippen MR) is 132 cm³/mol. The number of nitrogens with zero attached hydrogens (tertiary/aromatic N) is 1. The summed E-state index contributed by atoms with van der Waals surface area (Å²) in [4.78, 5) is 4.46. The Labute approximate surface area is 186 Å². The van der Waals surface area contributed by atoms with Gasteiger partial charge in [-0.25, -0.2) is 0 Å². The van der Waals surface area contributed by atoms with E-state index in [0.29, 0.717) is 0 Å². The van der Waals surface area contributed by atoms with E-state index in [-0.39, 0.29) is 0 Å². The highest BCUT2D eigenvalue weighted by atomic mass is 16.3. The summed E-state index contributed by atoms with van der Waals surface area (Å²) in [5.41, 5.74) is 8.18. The molecule has 3 nitrogen and oxygen atoms in total. The Morgan fingerprint density at radius 2 is 1.38 bits per heavy atom. The van der Waals surface area contributed by atoms with Crippen molar-refractivity contribution in [1.82, 2.24) is 4.98 Å². The van der Waals surface area contributed by atoms with Crippen LogP contribution < -0.4 is 5.32 Å². The molecule has 0 bridgehead atoms. The van der Waals surface area contributed by atoms with Crippen molar-refractivity contribution in [3.05, 3.63) is 115 Å². The maximum Gasteiger partial charge on any atom is 0.137 e. The van der Waals surface area contributed by atoms with E-state index < -0.39 is 0 Å². The van der Waals surface area contributed by atoms with Crippen molar-refractivity contribution < 1.29 is 4.42 Å². The topological polar surface area (TPSA) is 38.1 Å². The van der Waals surface area contributed by atoms with Gasteiger partial charge >= 0.3 is 0 Å². The highest BCUT2D eigenvalue weighted by molar-refractivity contribution is 6.12. The minimum Gasteiger partial charge on any atom is -0.456 e. The lowest BCUT2D eigenvalue weighted by Crippen LogP contribution is -1.91.